The van der Waals surface area contributed by atoms with Crippen LogP contribution in [0.15, 0.2) is 0 Å². The maximum absolute atomic E-state index is 2.31. The van der Waals surface area contributed by atoms with Crippen LogP contribution in [0.1, 0.15) is 54.4 Å². The first-order valence-corrected chi connectivity index (χ1v) is 8.35. The van der Waals surface area contributed by atoms with Crippen LogP contribution in [0.2, 0.25) is 0 Å². The van der Waals surface area contributed by atoms with E-state index in [9.17, 15) is 0 Å². The van der Waals surface area contributed by atoms with Crippen LogP contribution in [-0.4, -0.2) is 9.49 Å². The maximum atomic E-state index is 2.31. The molecule has 0 unspecified atom stereocenters. The summed E-state index contributed by atoms with van der Waals surface area (Å²) in [6.45, 7) is 13.7. The second-order valence-electron chi connectivity index (χ2n) is 4.46. The average Bonchev–Trinajstić information content (AvgIpc) is 2.04. The Labute approximate surface area is 95.2 Å². The van der Waals surface area contributed by atoms with Gasteiger partial charge in [0.1, 0.15) is 0 Å². The molecule has 0 aliphatic heterocycles. The van der Waals surface area contributed by atoms with Crippen LogP contribution in [0.3, 0.4) is 0 Å². The van der Waals surface area contributed by atoms with Crippen LogP contribution < -0.4 is 0 Å². The Morgan fingerprint density at radius 1 is 0.769 bits per heavy atom. The van der Waals surface area contributed by atoms with Crippen molar-refractivity contribution in [1.82, 2.24) is 0 Å². The lowest BCUT2D eigenvalue weighted by Gasteiger charge is -2.25. The molecule has 0 aromatic heterocycles. The standard InChI is InChI=1S/C10H22S3/c1-7-9(3,4)11-13-12-10(5,6)8-2/h7-8H2,1-6H3. The smallest absolute Gasteiger partial charge is 0.0213 e. The molecule has 0 saturated carbocycles. The van der Waals surface area contributed by atoms with Crippen molar-refractivity contribution in [1.29, 1.82) is 0 Å². The van der Waals surface area contributed by atoms with Gasteiger partial charge in [-0.05, 0) is 50.4 Å². The minimum Gasteiger partial charge on any atom is -0.0763 e. The molecule has 0 aliphatic carbocycles. The molecule has 0 fully saturated rings. The fourth-order valence-corrected chi connectivity index (χ4v) is 6.49. The summed E-state index contributed by atoms with van der Waals surface area (Å²) in [7, 11) is 5.95. The van der Waals surface area contributed by atoms with Crippen molar-refractivity contribution >= 4 is 31.4 Å². The normalized spacial score (nSPS) is 13.4. The van der Waals surface area contributed by atoms with Crippen molar-refractivity contribution in [2.24, 2.45) is 0 Å². The molecule has 0 saturated heterocycles. The van der Waals surface area contributed by atoms with E-state index in [1.165, 1.54) is 12.8 Å². The summed E-state index contributed by atoms with van der Waals surface area (Å²) in [5.74, 6) is 0. The van der Waals surface area contributed by atoms with Gasteiger partial charge in [-0.1, -0.05) is 35.4 Å². The first-order valence-electron chi connectivity index (χ1n) is 4.86. The Kier molecular flexibility index (Phi) is 6.29. The van der Waals surface area contributed by atoms with Gasteiger partial charge in [0, 0.05) is 9.49 Å². The van der Waals surface area contributed by atoms with Gasteiger partial charge in [0.15, 0.2) is 0 Å². The van der Waals surface area contributed by atoms with E-state index in [0.717, 1.165) is 0 Å². The minimum absolute atomic E-state index is 0.418. The van der Waals surface area contributed by atoms with Gasteiger partial charge in [0.25, 0.3) is 0 Å². The molecule has 0 bridgehead atoms. The molecule has 0 aromatic carbocycles. The van der Waals surface area contributed by atoms with E-state index in [-0.39, 0.29) is 0 Å². The molecule has 0 aliphatic rings. The molecular formula is C10H22S3. The quantitative estimate of drug-likeness (QED) is 0.569. The molecule has 0 atom stereocenters. The van der Waals surface area contributed by atoms with Gasteiger partial charge in [-0.15, -0.1) is 0 Å². The van der Waals surface area contributed by atoms with Crippen LogP contribution in [0.25, 0.3) is 0 Å². The van der Waals surface area contributed by atoms with E-state index >= 15 is 0 Å². The monoisotopic (exact) mass is 238 g/mol. The average molecular weight is 238 g/mol. The Morgan fingerprint density at radius 2 is 1.08 bits per heavy atom. The van der Waals surface area contributed by atoms with Crippen molar-refractivity contribution in [3.05, 3.63) is 0 Å². The molecule has 0 heterocycles. The van der Waals surface area contributed by atoms with Gasteiger partial charge in [-0.3, -0.25) is 0 Å². The zero-order valence-corrected chi connectivity index (χ0v) is 12.1. The Bertz CT molecular complexity index is 125. The summed E-state index contributed by atoms with van der Waals surface area (Å²) < 4.78 is 0.836. The molecule has 0 radical (unpaired) electrons. The zero-order chi connectivity index (χ0) is 10.5. The van der Waals surface area contributed by atoms with Gasteiger partial charge in [0.2, 0.25) is 0 Å². The summed E-state index contributed by atoms with van der Waals surface area (Å²) in [6.07, 6.45) is 2.47. The SMILES string of the molecule is CCC(C)(C)SSSC(C)(C)CC. The molecule has 0 N–H and O–H groups in total. The van der Waals surface area contributed by atoms with E-state index in [1.54, 1.807) is 0 Å². The highest BCUT2D eigenvalue weighted by Crippen LogP contribution is 2.50. The first-order chi connectivity index (χ1) is 5.83. The van der Waals surface area contributed by atoms with E-state index < -0.39 is 0 Å². The molecule has 0 spiro atoms. The van der Waals surface area contributed by atoms with Gasteiger partial charge >= 0.3 is 0 Å². The lowest BCUT2D eigenvalue weighted by Crippen LogP contribution is -2.12. The third-order valence-corrected chi connectivity index (χ3v) is 8.18. The summed E-state index contributed by atoms with van der Waals surface area (Å²) >= 11 is 0. The topological polar surface area (TPSA) is 0 Å². The zero-order valence-electron chi connectivity index (χ0n) is 9.64. The predicted octanol–water partition coefficient (Wildman–Crippen LogP) is 5.39. The molecule has 3 heteroatoms. The number of rotatable bonds is 6. The predicted molar refractivity (Wildman–Crippen MR) is 71.5 cm³/mol. The van der Waals surface area contributed by atoms with Gasteiger partial charge in [-0.25, -0.2) is 0 Å². The fourth-order valence-electron chi connectivity index (χ4n) is 0.319. The highest BCUT2D eigenvalue weighted by Gasteiger charge is 2.20. The second-order valence-corrected chi connectivity index (χ2v) is 9.77. The van der Waals surface area contributed by atoms with Crippen molar-refractivity contribution < 1.29 is 0 Å². The largest absolute Gasteiger partial charge is 0.0763 e. The molecular weight excluding hydrogens is 216 g/mol. The lowest BCUT2D eigenvalue weighted by molar-refractivity contribution is 0.689. The molecule has 0 nitrogen and oxygen atoms in total. The van der Waals surface area contributed by atoms with E-state index in [4.69, 9.17) is 0 Å². The number of hydrogen-bond donors (Lipinski definition) is 0. The summed E-state index contributed by atoms with van der Waals surface area (Å²) in [5, 5.41) is 0. The van der Waals surface area contributed by atoms with Crippen LogP contribution in [0.5, 0.6) is 0 Å². The summed E-state index contributed by atoms with van der Waals surface area (Å²) in [4.78, 5) is 0. The second kappa shape index (κ2) is 5.82. The van der Waals surface area contributed by atoms with Crippen LogP contribution in [-0.2, 0) is 0 Å². The Balaban J connectivity index is 3.68. The molecule has 80 valence electrons. The fraction of sp³-hybridized carbons (Fsp3) is 1.00. The van der Waals surface area contributed by atoms with Gasteiger partial charge in [0.05, 0.1) is 0 Å². The van der Waals surface area contributed by atoms with Crippen LogP contribution in [0.4, 0.5) is 0 Å². The third kappa shape index (κ3) is 7.03. The third-order valence-electron chi connectivity index (χ3n) is 2.22. The number of hydrogen-bond acceptors (Lipinski definition) is 3. The summed E-state index contributed by atoms with van der Waals surface area (Å²) in [6, 6.07) is 0. The molecule has 13 heavy (non-hydrogen) atoms. The van der Waals surface area contributed by atoms with E-state index in [2.05, 4.69) is 41.5 Å². The van der Waals surface area contributed by atoms with Crippen molar-refractivity contribution in [3.8, 4) is 0 Å². The highest BCUT2D eigenvalue weighted by molar-refractivity contribution is 9.09. The maximum Gasteiger partial charge on any atom is 0.0213 e. The molecule has 0 amide bonds. The van der Waals surface area contributed by atoms with Crippen LogP contribution >= 0.6 is 31.4 Å². The Morgan fingerprint density at radius 3 is 1.31 bits per heavy atom. The van der Waals surface area contributed by atoms with E-state index in [1.807, 2.05) is 31.4 Å². The minimum atomic E-state index is 0.418. The van der Waals surface area contributed by atoms with Crippen molar-refractivity contribution in [3.63, 3.8) is 0 Å². The highest BCUT2D eigenvalue weighted by atomic mass is 33.5. The van der Waals surface area contributed by atoms with Gasteiger partial charge < -0.3 is 0 Å². The van der Waals surface area contributed by atoms with Crippen LogP contribution in [0, 0.1) is 0 Å². The molecule has 0 aromatic rings. The summed E-state index contributed by atoms with van der Waals surface area (Å²) in [5.41, 5.74) is 0. The van der Waals surface area contributed by atoms with Crippen molar-refractivity contribution in [2.45, 2.75) is 63.9 Å². The van der Waals surface area contributed by atoms with E-state index in [0.29, 0.717) is 9.49 Å². The van der Waals surface area contributed by atoms with Gasteiger partial charge in [-0.2, -0.15) is 0 Å². The van der Waals surface area contributed by atoms with Crippen molar-refractivity contribution in [2.75, 3.05) is 0 Å². The Hall–Kier alpha value is 1.05. The first kappa shape index (κ1) is 14.1. The lowest BCUT2D eigenvalue weighted by atomic mass is 10.1. The molecule has 0 rings (SSSR count).